The van der Waals surface area contributed by atoms with Crippen molar-refractivity contribution in [3.8, 4) is 5.75 Å². The summed E-state index contributed by atoms with van der Waals surface area (Å²) in [5, 5.41) is 10.3. The summed E-state index contributed by atoms with van der Waals surface area (Å²) in [5.74, 6) is -0.293. The zero-order valence-corrected chi connectivity index (χ0v) is 7.71. The second kappa shape index (κ2) is 2.92. The summed E-state index contributed by atoms with van der Waals surface area (Å²) in [6.07, 6.45) is 0. The molecule has 2 rings (SSSR count). The molecule has 4 nitrogen and oxygen atoms in total. The summed E-state index contributed by atoms with van der Waals surface area (Å²) in [5.41, 5.74) is 4.50. The zero-order valence-electron chi connectivity index (χ0n) is 6.95. The molecule has 0 spiro atoms. The monoisotopic (exact) mass is 211 g/mol. The minimum atomic E-state index is -0.752. The van der Waals surface area contributed by atoms with Gasteiger partial charge in [0.1, 0.15) is 5.58 Å². The topological polar surface area (TPSA) is 76.5 Å². The highest BCUT2D eigenvalue weighted by Gasteiger charge is 2.10. The van der Waals surface area contributed by atoms with Gasteiger partial charge in [0.15, 0.2) is 11.4 Å². The number of rotatable bonds is 0. The standard InChI is InChI=1S/C9H6ClNO3/c10-4-1-2-6-5(3-4)8(12)7(11)9(13)14-6/h1-3,12H,11H2. The molecule has 0 atom stereocenters. The third-order valence-electron chi connectivity index (χ3n) is 1.87. The fraction of sp³-hybridized carbons (Fsp3) is 0. The van der Waals surface area contributed by atoms with Gasteiger partial charge >= 0.3 is 5.63 Å². The number of nitrogen functional groups attached to an aromatic ring is 1. The Hall–Kier alpha value is -1.68. The maximum absolute atomic E-state index is 11.1. The molecule has 0 fully saturated rings. The van der Waals surface area contributed by atoms with Gasteiger partial charge in [0.25, 0.3) is 0 Å². The SMILES string of the molecule is Nc1c(O)c2cc(Cl)ccc2oc1=O. The number of halogens is 1. The molecule has 0 aliphatic rings. The summed E-state index contributed by atoms with van der Waals surface area (Å²) in [4.78, 5) is 11.1. The molecule has 3 N–H and O–H groups in total. The number of hydrogen-bond acceptors (Lipinski definition) is 4. The number of fused-ring (bicyclic) bond motifs is 1. The van der Waals surface area contributed by atoms with Crippen molar-refractivity contribution in [2.75, 3.05) is 5.73 Å². The molecule has 5 heteroatoms. The first kappa shape index (κ1) is 8.90. The third kappa shape index (κ3) is 1.20. The molecule has 72 valence electrons. The minimum Gasteiger partial charge on any atom is -0.505 e. The van der Waals surface area contributed by atoms with Crippen LogP contribution in [0, 0.1) is 0 Å². The summed E-state index contributed by atoms with van der Waals surface area (Å²) in [6.45, 7) is 0. The Morgan fingerprint density at radius 2 is 2.14 bits per heavy atom. The zero-order chi connectivity index (χ0) is 10.3. The van der Waals surface area contributed by atoms with E-state index in [9.17, 15) is 9.90 Å². The lowest BCUT2D eigenvalue weighted by atomic mass is 10.2. The van der Waals surface area contributed by atoms with E-state index in [0.29, 0.717) is 10.4 Å². The van der Waals surface area contributed by atoms with Crippen LogP contribution in [0.2, 0.25) is 5.02 Å². The second-order valence-corrected chi connectivity index (χ2v) is 3.23. The van der Waals surface area contributed by atoms with E-state index in [2.05, 4.69) is 0 Å². The van der Waals surface area contributed by atoms with Crippen molar-refractivity contribution in [3.05, 3.63) is 33.6 Å². The first-order valence-electron chi connectivity index (χ1n) is 3.80. The lowest BCUT2D eigenvalue weighted by Gasteiger charge is -2.01. The van der Waals surface area contributed by atoms with E-state index in [1.807, 2.05) is 0 Å². The van der Waals surface area contributed by atoms with Crippen molar-refractivity contribution < 1.29 is 9.52 Å². The smallest absolute Gasteiger partial charge is 0.363 e. The summed E-state index contributed by atoms with van der Waals surface area (Å²) in [7, 11) is 0. The van der Waals surface area contributed by atoms with E-state index < -0.39 is 5.63 Å². The number of hydrogen-bond donors (Lipinski definition) is 2. The van der Waals surface area contributed by atoms with Gasteiger partial charge in [0.2, 0.25) is 0 Å². The molecule has 0 saturated heterocycles. The van der Waals surface area contributed by atoms with Gasteiger partial charge in [-0.05, 0) is 18.2 Å². The Kier molecular flexibility index (Phi) is 1.86. The summed E-state index contributed by atoms with van der Waals surface area (Å²) in [6, 6.07) is 4.53. The van der Waals surface area contributed by atoms with E-state index in [1.165, 1.54) is 12.1 Å². The molecule has 0 radical (unpaired) electrons. The molecule has 0 amide bonds. The van der Waals surface area contributed by atoms with Crippen LogP contribution in [-0.2, 0) is 0 Å². The largest absolute Gasteiger partial charge is 0.505 e. The molecular weight excluding hydrogens is 206 g/mol. The van der Waals surface area contributed by atoms with Crippen LogP contribution < -0.4 is 11.4 Å². The van der Waals surface area contributed by atoms with Crippen LogP contribution in [0.3, 0.4) is 0 Å². The average molecular weight is 212 g/mol. The van der Waals surface area contributed by atoms with Crippen LogP contribution in [0.25, 0.3) is 11.0 Å². The van der Waals surface area contributed by atoms with Gasteiger partial charge in [-0.3, -0.25) is 0 Å². The highest BCUT2D eigenvalue weighted by atomic mass is 35.5. The van der Waals surface area contributed by atoms with Gasteiger partial charge in [-0.2, -0.15) is 0 Å². The van der Waals surface area contributed by atoms with E-state index >= 15 is 0 Å². The molecule has 1 aromatic heterocycles. The predicted molar refractivity (Wildman–Crippen MR) is 53.6 cm³/mol. The van der Waals surface area contributed by atoms with Crippen molar-refractivity contribution in [1.29, 1.82) is 0 Å². The van der Waals surface area contributed by atoms with Crippen LogP contribution in [0.15, 0.2) is 27.4 Å². The lowest BCUT2D eigenvalue weighted by Crippen LogP contribution is -2.06. The Bertz CT molecular complexity index is 562. The van der Waals surface area contributed by atoms with Crippen LogP contribution in [0.5, 0.6) is 5.75 Å². The van der Waals surface area contributed by atoms with Crippen molar-refractivity contribution in [2.45, 2.75) is 0 Å². The Balaban J connectivity index is 2.99. The quantitative estimate of drug-likeness (QED) is 0.651. The number of nitrogens with two attached hydrogens (primary N) is 1. The molecule has 2 aromatic rings. The number of benzene rings is 1. The summed E-state index contributed by atoms with van der Waals surface area (Å²) < 4.78 is 4.83. The van der Waals surface area contributed by atoms with Gasteiger partial charge in [-0.25, -0.2) is 4.79 Å². The summed E-state index contributed by atoms with van der Waals surface area (Å²) >= 11 is 5.71. The van der Waals surface area contributed by atoms with Crippen molar-refractivity contribution in [3.63, 3.8) is 0 Å². The fourth-order valence-electron chi connectivity index (χ4n) is 1.17. The number of anilines is 1. The lowest BCUT2D eigenvalue weighted by molar-refractivity contribution is 0.472. The van der Waals surface area contributed by atoms with Crippen LogP contribution in [0.4, 0.5) is 5.69 Å². The molecule has 0 unspecified atom stereocenters. The van der Waals surface area contributed by atoms with Gasteiger partial charge in [-0.15, -0.1) is 0 Å². The fourth-order valence-corrected chi connectivity index (χ4v) is 1.34. The van der Waals surface area contributed by atoms with Crippen molar-refractivity contribution in [1.82, 2.24) is 0 Å². The highest BCUT2D eigenvalue weighted by molar-refractivity contribution is 6.31. The van der Waals surface area contributed by atoms with Gasteiger partial charge in [-0.1, -0.05) is 11.6 Å². The van der Waals surface area contributed by atoms with Gasteiger partial charge in [0, 0.05) is 5.02 Å². The normalized spacial score (nSPS) is 10.6. The molecule has 0 saturated carbocycles. The maximum Gasteiger partial charge on any atom is 0.363 e. The third-order valence-corrected chi connectivity index (χ3v) is 2.11. The molecule has 0 aliphatic carbocycles. The Morgan fingerprint density at radius 1 is 1.43 bits per heavy atom. The van der Waals surface area contributed by atoms with Crippen LogP contribution in [0.1, 0.15) is 0 Å². The van der Waals surface area contributed by atoms with Crippen molar-refractivity contribution >= 4 is 28.3 Å². The van der Waals surface area contributed by atoms with E-state index in [-0.39, 0.29) is 17.0 Å². The van der Waals surface area contributed by atoms with E-state index in [0.717, 1.165) is 0 Å². The van der Waals surface area contributed by atoms with E-state index in [1.54, 1.807) is 6.07 Å². The Morgan fingerprint density at radius 3 is 2.86 bits per heavy atom. The molecule has 0 aliphatic heterocycles. The van der Waals surface area contributed by atoms with E-state index in [4.69, 9.17) is 21.8 Å². The predicted octanol–water partition coefficient (Wildman–Crippen LogP) is 1.73. The first-order chi connectivity index (χ1) is 6.59. The minimum absolute atomic E-state index is 0.256. The highest BCUT2D eigenvalue weighted by Crippen LogP contribution is 2.29. The van der Waals surface area contributed by atoms with Gasteiger partial charge < -0.3 is 15.3 Å². The molecule has 1 aromatic carbocycles. The average Bonchev–Trinajstić information content (AvgIpc) is 2.16. The Labute approximate surface area is 83.5 Å². The second-order valence-electron chi connectivity index (χ2n) is 2.79. The molecule has 0 bridgehead atoms. The van der Waals surface area contributed by atoms with Crippen molar-refractivity contribution in [2.24, 2.45) is 0 Å². The molecular formula is C9H6ClNO3. The molecule has 1 heterocycles. The van der Waals surface area contributed by atoms with Crippen LogP contribution in [-0.4, -0.2) is 5.11 Å². The number of aromatic hydroxyl groups is 1. The first-order valence-corrected chi connectivity index (χ1v) is 4.18. The maximum atomic E-state index is 11.1. The van der Waals surface area contributed by atoms with Crippen LogP contribution >= 0.6 is 11.6 Å². The van der Waals surface area contributed by atoms with Gasteiger partial charge in [0.05, 0.1) is 5.39 Å². The molecule has 14 heavy (non-hydrogen) atoms.